The molecular formula is C14H26N2O3. The van der Waals surface area contributed by atoms with E-state index in [4.69, 9.17) is 4.74 Å². The van der Waals surface area contributed by atoms with Crippen LogP contribution in [0.4, 0.5) is 0 Å². The fraction of sp³-hybridized carbons (Fsp3) is 0.857. The van der Waals surface area contributed by atoms with Crippen molar-refractivity contribution in [1.82, 2.24) is 10.2 Å². The number of hydrogen-bond acceptors (Lipinski definition) is 3. The molecule has 1 N–H and O–H groups in total. The predicted molar refractivity (Wildman–Crippen MR) is 73.7 cm³/mol. The normalized spacial score (nSPS) is 24.6. The van der Waals surface area contributed by atoms with Gasteiger partial charge in [-0.3, -0.25) is 9.59 Å². The number of amides is 2. The third-order valence-corrected chi connectivity index (χ3v) is 3.46. The first-order chi connectivity index (χ1) is 8.86. The molecule has 5 heteroatoms. The molecule has 1 fully saturated rings. The van der Waals surface area contributed by atoms with Crippen LogP contribution < -0.4 is 5.32 Å². The van der Waals surface area contributed by atoms with Crippen LogP contribution in [0.3, 0.4) is 0 Å². The van der Waals surface area contributed by atoms with Crippen LogP contribution in [0.2, 0.25) is 0 Å². The SMILES string of the molecule is CCOC(C)(C)CN1C(=O)C(CC)NC(=O)C1CC. The van der Waals surface area contributed by atoms with Crippen LogP contribution in [-0.2, 0) is 14.3 Å². The smallest absolute Gasteiger partial charge is 0.245 e. The Balaban J connectivity index is 2.90. The second-order valence-corrected chi connectivity index (χ2v) is 5.55. The Hall–Kier alpha value is -1.10. The summed E-state index contributed by atoms with van der Waals surface area (Å²) in [7, 11) is 0. The number of ether oxygens (including phenoxy) is 1. The fourth-order valence-corrected chi connectivity index (χ4v) is 2.54. The first-order valence-electron chi connectivity index (χ1n) is 7.11. The van der Waals surface area contributed by atoms with E-state index >= 15 is 0 Å². The molecule has 0 aromatic carbocycles. The van der Waals surface area contributed by atoms with E-state index in [1.54, 1.807) is 4.90 Å². The van der Waals surface area contributed by atoms with E-state index in [0.717, 1.165) is 0 Å². The molecule has 19 heavy (non-hydrogen) atoms. The largest absolute Gasteiger partial charge is 0.374 e. The summed E-state index contributed by atoms with van der Waals surface area (Å²) in [6.07, 6.45) is 1.24. The maximum atomic E-state index is 12.4. The number of carbonyl (C=O) groups excluding carboxylic acids is 2. The van der Waals surface area contributed by atoms with Gasteiger partial charge in [0.15, 0.2) is 0 Å². The molecule has 0 bridgehead atoms. The van der Waals surface area contributed by atoms with Crippen LogP contribution in [0.5, 0.6) is 0 Å². The first-order valence-corrected chi connectivity index (χ1v) is 7.11. The van der Waals surface area contributed by atoms with Crippen molar-refractivity contribution >= 4 is 11.8 Å². The van der Waals surface area contributed by atoms with Crippen molar-refractivity contribution in [1.29, 1.82) is 0 Å². The highest BCUT2D eigenvalue weighted by Crippen LogP contribution is 2.20. The lowest BCUT2D eigenvalue weighted by Gasteiger charge is -2.42. The molecule has 0 spiro atoms. The van der Waals surface area contributed by atoms with Gasteiger partial charge in [0.25, 0.3) is 0 Å². The number of piperazine rings is 1. The summed E-state index contributed by atoms with van der Waals surface area (Å²) in [6, 6.07) is -0.775. The van der Waals surface area contributed by atoms with Crippen LogP contribution in [0, 0.1) is 0 Å². The third-order valence-electron chi connectivity index (χ3n) is 3.46. The highest BCUT2D eigenvalue weighted by Gasteiger charge is 2.41. The highest BCUT2D eigenvalue weighted by atomic mass is 16.5. The quantitative estimate of drug-likeness (QED) is 0.792. The van der Waals surface area contributed by atoms with Crippen molar-refractivity contribution in [3.05, 3.63) is 0 Å². The molecule has 0 saturated carbocycles. The standard InChI is InChI=1S/C14H26N2O3/c1-6-10-13(18)16(9-14(4,5)19-8-3)11(7-2)12(17)15-10/h10-11H,6-9H2,1-5H3,(H,15,17). The van der Waals surface area contributed by atoms with E-state index < -0.39 is 11.6 Å². The summed E-state index contributed by atoms with van der Waals surface area (Å²) in [5, 5.41) is 2.79. The average molecular weight is 270 g/mol. The van der Waals surface area contributed by atoms with Gasteiger partial charge in [0.1, 0.15) is 12.1 Å². The molecule has 1 rings (SSSR count). The molecule has 1 aliphatic rings. The minimum atomic E-state index is -0.437. The van der Waals surface area contributed by atoms with Gasteiger partial charge >= 0.3 is 0 Å². The Morgan fingerprint density at radius 1 is 1.21 bits per heavy atom. The minimum absolute atomic E-state index is 0.00160. The van der Waals surface area contributed by atoms with Gasteiger partial charge in [-0.2, -0.15) is 0 Å². The Kier molecular flexibility index (Phi) is 5.35. The molecule has 2 unspecified atom stereocenters. The second kappa shape index (κ2) is 6.37. The topological polar surface area (TPSA) is 58.6 Å². The van der Waals surface area contributed by atoms with Gasteiger partial charge in [0, 0.05) is 6.61 Å². The second-order valence-electron chi connectivity index (χ2n) is 5.55. The van der Waals surface area contributed by atoms with Crippen molar-refractivity contribution in [2.75, 3.05) is 13.2 Å². The van der Waals surface area contributed by atoms with Crippen LogP contribution in [0.1, 0.15) is 47.5 Å². The third kappa shape index (κ3) is 3.69. The maximum Gasteiger partial charge on any atom is 0.245 e. The van der Waals surface area contributed by atoms with Crippen molar-refractivity contribution in [3.8, 4) is 0 Å². The summed E-state index contributed by atoms with van der Waals surface area (Å²) >= 11 is 0. The monoisotopic (exact) mass is 270 g/mol. The van der Waals surface area contributed by atoms with Gasteiger partial charge in [-0.1, -0.05) is 13.8 Å². The molecule has 2 atom stereocenters. The molecule has 0 radical (unpaired) electrons. The summed E-state index contributed by atoms with van der Waals surface area (Å²) in [5.74, 6) is -0.0528. The van der Waals surface area contributed by atoms with Crippen molar-refractivity contribution in [3.63, 3.8) is 0 Å². The number of rotatable bonds is 6. The zero-order chi connectivity index (χ0) is 14.6. The van der Waals surface area contributed by atoms with E-state index in [1.807, 2.05) is 34.6 Å². The lowest BCUT2D eigenvalue weighted by molar-refractivity contribution is -0.154. The average Bonchev–Trinajstić information content (AvgIpc) is 2.33. The Labute approximate surface area is 115 Å². The van der Waals surface area contributed by atoms with Crippen LogP contribution in [0.15, 0.2) is 0 Å². The van der Waals surface area contributed by atoms with Gasteiger partial charge in [-0.05, 0) is 33.6 Å². The van der Waals surface area contributed by atoms with Crippen molar-refractivity contribution in [2.45, 2.75) is 65.1 Å². The Morgan fingerprint density at radius 3 is 2.32 bits per heavy atom. The van der Waals surface area contributed by atoms with E-state index in [0.29, 0.717) is 26.0 Å². The summed E-state index contributed by atoms with van der Waals surface area (Å²) in [5.41, 5.74) is -0.437. The molecule has 1 aliphatic heterocycles. The predicted octanol–water partition coefficient (Wildman–Crippen LogP) is 1.32. The minimum Gasteiger partial charge on any atom is -0.374 e. The molecule has 2 amide bonds. The number of nitrogens with zero attached hydrogens (tertiary/aromatic N) is 1. The molecule has 0 aliphatic carbocycles. The lowest BCUT2D eigenvalue weighted by atomic mass is 10.00. The first kappa shape index (κ1) is 16.0. The molecule has 5 nitrogen and oxygen atoms in total. The maximum absolute atomic E-state index is 12.4. The van der Waals surface area contributed by atoms with Gasteiger partial charge < -0.3 is 15.0 Å². The molecular weight excluding hydrogens is 244 g/mol. The van der Waals surface area contributed by atoms with Crippen LogP contribution >= 0.6 is 0 Å². The zero-order valence-electron chi connectivity index (χ0n) is 12.7. The van der Waals surface area contributed by atoms with Crippen LogP contribution in [-0.4, -0.2) is 47.6 Å². The Bertz CT molecular complexity index is 342. The molecule has 0 aromatic rings. The van der Waals surface area contributed by atoms with Crippen LogP contribution in [0.25, 0.3) is 0 Å². The molecule has 1 saturated heterocycles. The zero-order valence-corrected chi connectivity index (χ0v) is 12.7. The summed E-state index contributed by atoms with van der Waals surface area (Å²) in [6.45, 7) is 10.7. The fourth-order valence-electron chi connectivity index (χ4n) is 2.54. The Morgan fingerprint density at radius 2 is 1.84 bits per heavy atom. The van der Waals surface area contributed by atoms with E-state index in [2.05, 4.69) is 5.32 Å². The van der Waals surface area contributed by atoms with Gasteiger partial charge in [0.2, 0.25) is 11.8 Å². The van der Waals surface area contributed by atoms with E-state index in [-0.39, 0.29) is 17.9 Å². The molecule has 110 valence electrons. The molecule has 0 aromatic heterocycles. The lowest BCUT2D eigenvalue weighted by Crippen LogP contribution is -2.65. The van der Waals surface area contributed by atoms with Gasteiger partial charge in [0.05, 0.1) is 12.1 Å². The number of carbonyl (C=O) groups is 2. The van der Waals surface area contributed by atoms with Crippen molar-refractivity contribution in [2.24, 2.45) is 0 Å². The summed E-state index contributed by atoms with van der Waals surface area (Å²) < 4.78 is 5.65. The van der Waals surface area contributed by atoms with E-state index in [9.17, 15) is 9.59 Å². The number of hydrogen-bond donors (Lipinski definition) is 1. The van der Waals surface area contributed by atoms with E-state index in [1.165, 1.54) is 0 Å². The van der Waals surface area contributed by atoms with Gasteiger partial charge in [-0.25, -0.2) is 0 Å². The van der Waals surface area contributed by atoms with Gasteiger partial charge in [-0.15, -0.1) is 0 Å². The summed E-state index contributed by atoms with van der Waals surface area (Å²) in [4.78, 5) is 26.1. The number of nitrogens with one attached hydrogen (secondary N) is 1. The van der Waals surface area contributed by atoms with Crippen molar-refractivity contribution < 1.29 is 14.3 Å². The molecule has 1 heterocycles. The highest BCUT2D eigenvalue weighted by molar-refractivity contribution is 5.96.